The number of hydrogen-bond acceptors (Lipinski definition) is 4. The summed E-state index contributed by atoms with van der Waals surface area (Å²) in [6, 6.07) is 5.33. The molecule has 1 heterocycles. The second kappa shape index (κ2) is 7.64. The molecule has 0 fully saturated rings. The van der Waals surface area contributed by atoms with Crippen LogP contribution in [0.25, 0.3) is 0 Å². The van der Waals surface area contributed by atoms with Crippen LogP contribution in [0.2, 0.25) is 0 Å². The number of aryl methyl sites for hydroxylation is 1. The van der Waals surface area contributed by atoms with Crippen molar-refractivity contribution in [1.82, 2.24) is 4.98 Å². The first-order valence-corrected chi connectivity index (χ1v) is 9.00. The summed E-state index contributed by atoms with van der Waals surface area (Å²) in [5.74, 6) is 1.05. The fourth-order valence-corrected chi connectivity index (χ4v) is 3.33. The lowest BCUT2D eigenvalue weighted by Gasteiger charge is -2.13. The van der Waals surface area contributed by atoms with Crippen molar-refractivity contribution < 1.29 is 19.1 Å². The molecular formula is C20H24N2O4. The minimum absolute atomic E-state index is 0.104. The van der Waals surface area contributed by atoms with Gasteiger partial charge in [0.25, 0.3) is 5.91 Å². The number of benzene rings is 1. The summed E-state index contributed by atoms with van der Waals surface area (Å²) < 4.78 is 11.1. The molecule has 0 bridgehead atoms. The fourth-order valence-electron chi connectivity index (χ4n) is 3.33. The van der Waals surface area contributed by atoms with Crippen molar-refractivity contribution in [2.24, 2.45) is 0 Å². The van der Waals surface area contributed by atoms with Gasteiger partial charge < -0.3 is 19.8 Å². The summed E-state index contributed by atoms with van der Waals surface area (Å²) in [7, 11) is 0. The van der Waals surface area contributed by atoms with Gasteiger partial charge >= 0.3 is 0 Å². The van der Waals surface area contributed by atoms with E-state index in [-0.39, 0.29) is 11.7 Å². The van der Waals surface area contributed by atoms with Crippen LogP contribution in [0.15, 0.2) is 18.2 Å². The lowest BCUT2D eigenvalue weighted by molar-refractivity contribution is 0.0971. The Morgan fingerprint density at radius 3 is 2.65 bits per heavy atom. The predicted octanol–water partition coefficient (Wildman–Crippen LogP) is 3.89. The van der Waals surface area contributed by atoms with Crippen LogP contribution in [0.4, 0.5) is 5.69 Å². The number of aromatic nitrogens is 1. The molecule has 1 aromatic heterocycles. The van der Waals surface area contributed by atoms with E-state index in [2.05, 4.69) is 10.3 Å². The molecule has 0 unspecified atom stereocenters. The Labute approximate surface area is 152 Å². The highest BCUT2D eigenvalue weighted by Crippen LogP contribution is 2.31. The molecule has 0 saturated heterocycles. The highest BCUT2D eigenvalue weighted by molar-refractivity contribution is 6.09. The minimum Gasteiger partial charge on any atom is -0.494 e. The number of aromatic amines is 1. The predicted molar refractivity (Wildman–Crippen MR) is 99.5 cm³/mol. The molecule has 0 spiro atoms. The zero-order valence-electron chi connectivity index (χ0n) is 15.4. The number of ether oxygens (including phenoxy) is 2. The topological polar surface area (TPSA) is 80.4 Å². The number of nitrogens with one attached hydrogen (secondary N) is 2. The van der Waals surface area contributed by atoms with Gasteiger partial charge in [0, 0.05) is 23.7 Å². The molecule has 1 aliphatic carbocycles. The quantitative estimate of drug-likeness (QED) is 0.823. The first-order chi connectivity index (χ1) is 12.5. The number of hydrogen-bond donors (Lipinski definition) is 2. The number of rotatable bonds is 6. The second-order valence-corrected chi connectivity index (χ2v) is 6.23. The van der Waals surface area contributed by atoms with E-state index in [1.54, 1.807) is 18.2 Å². The Kier molecular flexibility index (Phi) is 5.30. The number of anilines is 1. The van der Waals surface area contributed by atoms with Crippen molar-refractivity contribution in [3.63, 3.8) is 0 Å². The van der Waals surface area contributed by atoms with Gasteiger partial charge in [0.2, 0.25) is 0 Å². The number of H-pyrrole nitrogens is 1. The number of amides is 1. The third-order valence-electron chi connectivity index (χ3n) is 4.47. The number of carbonyl (C=O) groups is 2. The Hall–Kier alpha value is -2.76. The lowest BCUT2D eigenvalue weighted by atomic mass is 9.94. The Morgan fingerprint density at radius 1 is 1.19 bits per heavy atom. The third kappa shape index (κ3) is 3.45. The number of Topliss-reactive ketones (excluding diaryl/α,β-unsaturated/α-hetero) is 1. The summed E-state index contributed by atoms with van der Waals surface area (Å²) >= 11 is 0. The third-order valence-corrected chi connectivity index (χ3v) is 4.47. The summed E-state index contributed by atoms with van der Waals surface area (Å²) in [4.78, 5) is 28.1. The van der Waals surface area contributed by atoms with Crippen molar-refractivity contribution in [2.75, 3.05) is 18.5 Å². The molecule has 138 valence electrons. The van der Waals surface area contributed by atoms with Crippen molar-refractivity contribution in [3.8, 4) is 11.5 Å². The van der Waals surface area contributed by atoms with E-state index in [4.69, 9.17) is 9.47 Å². The van der Waals surface area contributed by atoms with E-state index < -0.39 is 0 Å². The van der Waals surface area contributed by atoms with E-state index in [0.717, 1.165) is 18.5 Å². The normalized spacial score (nSPS) is 13.3. The Morgan fingerprint density at radius 2 is 1.96 bits per heavy atom. The molecule has 2 aromatic rings. The van der Waals surface area contributed by atoms with Crippen molar-refractivity contribution in [2.45, 2.75) is 40.0 Å². The second-order valence-electron chi connectivity index (χ2n) is 6.23. The first-order valence-electron chi connectivity index (χ1n) is 9.00. The van der Waals surface area contributed by atoms with Gasteiger partial charge in [0.05, 0.1) is 18.9 Å². The number of carbonyl (C=O) groups excluding carboxylic acids is 2. The summed E-state index contributed by atoms with van der Waals surface area (Å²) in [6.45, 7) is 6.62. The van der Waals surface area contributed by atoms with Gasteiger partial charge in [-0.25, -0.2) is 0 Å². The molecular weight excluding hydrogens is 332 g/mol. The molecule has 26 heavy (non-hydrogen) atoms. The van der Waals surface area contributed by atoms with E-state index in [9.17, 15) is 9.59 Å². The number of ketones is 1. The van der Waals surface area contributed by atoms with Crippen LogP contribution in [-0.4, -0.2) is 29.9 Å². The van der Waals surface area contributed by atoms with Gasteiger partial charge in [-0.2, -0.15) is 0 Å². The molecule has 0 saturated carbocycles. The monoisotopic (exact) mass is 356 g/mol. The van der Waals surface area contributed by atoms with Crippen molar-refractivity contribution >= 4 is 17.4 Å². The molecule has 6 nitrogen and oxygen atoms in total. The van der Waals surface area contributed by atoms with Gasteiger partial charge in [-0.05, 0) is 51.3 Å². The zero-order chi connectivity index (χ0) is 18.7. The first kappa shape index (κ1) is 18.0. The smallest absolute Gasteiger partial charge is 0.272 e. The van der Waals surface area contributed by atoms with Crippen LogP contribution in [-0.2, 0) is 6.42 Å². The highest BCUT2D eigenvalue weighted by Gasteiger charge is 2.26. The Balaban J connectivity index is 1.90. The average Bonchev–Trinajstić information content (AvgIpc) is 2.96. The van der Waals surface area contributed by atoms with E-state index in [1.165, 1.54) is 0 Å². The maximum absolute atomic E-state index is 12.8. The van der Waals surface area contributed by atoms with E-state index >= 15 is 0 Å². The molecule has 1 aliphatic rings. The van der Waals surface area contributed by atoms with E-state index in [1.807, 2.05) is 20.8 Å². The minimum atomic E-state index is -0.292. The van der Waals surface area contributed by atoms with Gasteiger partial charge in [0.15, 0.2) is 5.78 Å². The van der Waals surface area contributed by atoms with Crippen LogP contribution in [0, 0.1) is 6.92 Å². The van der Waals surface area contributed by atoms with E-state index in [0.29, 0.717) is 53.6 Å². The largest absolute Gasteiger partial charge is 0.494 e. The molecule has 2 N–H and O–H groups in total. The SMILES string of the molecule is CCOc1ccc(OCC)c(NC(=O)c2[nH]c3c(c2C)C(=O)CCC3)c1. The van der Waals surface area contributed by atoms with Crippen LogP contribution in [0.5, 0.6) is 11.5 Å². The molecule has 6 heteroatoms. The van der Waals surface area contributed by atoms with Crippen molar-refractivity contribution in [3.05, 3.63) is 40.7 Å². The standard InChI is InChI=1S/C20H24N2O4/c1-4-25-13-9-10-17(26-5-2)15(11-13)22-20(24)19-12(3)18-14(21-19)7-6-8-16(18)23/h9-11,21H,4-8H2,1-3H3,(H,22,24). The van der Waals surface area contributed by atoms with Crippen LogP contribution in [0.3, 0.4) is 0 Å². The number of fused-ring (bicyclic) bond motifs is 1. The van der Waals surface area contributed by atoms with Gasteiger partial charge in [-0.1, -0.05) is 0 Å². The van der Waals surface area contributed by atoms with Crippen molar-refractivity contribution in [1.29, 1.82) is 0 Å². The van der Waals surface area contributed by atoms with Crippen LogP contribution in [0.1, 0.15) is 58.8 Å². The van der Waals surface area contributed by atoms with Crippen LogP contribution < -0.4 is 14.8 Å². The lowest BCUT2D eigenvalue weighted by Crippen LogP contribution is -2.15. The fraction of sp³-hybridized carbons (Fsp3) is 0.400. The molecule has 0 radical (unpaired) electrons. The highest BCUT2D eigenvalue weighted by atomic mass is 16.5. The summed E-state index contributed by atoms with van der Waals surface area (Å²) in [5, 5.41) is 2.89. The molecule has 1 aromatic carbocycles. The maximum atomic E-state index is 12.8. The maximum Gasteiger partial charge on any atom is 0.272 e. The summed E-state index contributed by atoms with van der Waals surface area (Å²) in [6.07, 6.45) is 2.15. The molecule has 3 rings (SSSR count). The van der Waals surface area contributed by atoms with Crippen LogP contribution >= 0.6 is 0 Å². The molecule has 0 atom stereocenters. The summed E-state index contributed by atoms with van der Waals surface area (Å²) in [5.41, 5.74) is 3.21. The van der Waals surface area contributed by atoms with Gasteiger partial charge in [-0.3, -0.25) is 9.59 Å². The van der Waals surface area contributed by atoms with Gasteiger partial charge in [-0.15, -0.1) is 0 Å². The average molecular weight is 356 g/mol. The molecule has 1 amide bonds. The molecule has 0 aliphatic heterocycles. The Bertz CT molecular complexity index is 839. The van der Waals surface area contributed by atoms with Gasteiger partial charge in [0.1, 0.15) is 17.2 Å². The zero-order valence-corrected chi connectivity index (χ0v) is 15.4.